The molecule has 0 atom stereocenters. The van der Waals surface area contributed by atoms with E-state index in [0.717, 1.165) is 13.2 Å². The quantitative estimate of drug-likeness (QED) is 0.796. The highest BCUT2D eigenvalue weighted by molar-refractivity contribution is 9.09. The molecule has 0 unspecified atom stereocenters. The lowest BCUT2D eigenvalue weighted by Crippen LogP contribution is -2.09. The monoisotopic (exact) mass is 295 g/mol. The van der Waals surface area contributed by atoms with Crippen molar-refractivity contribution in [1.29, 1.82) is 0 Å². The summed E-state index contributed by atoms with van der Waals surface area (Å²) in [7, 11) is 1.16. The molecule has 0 bridgehead atoms. The van der Waals surface area contributed by atoms with E-state index in [2.05, 4.69) is 25.7 Å². The van der Waals surface area contributed by atoms with Crippen LogP contribution in [-0.2, 0) is 6.18 Å². The largest absolute Gasteiger partial charge is 0.481 e. The van der Waals surface area contributed by atoms with Crippen LogP contribution in [0.1, 0.15) is 11.1 Å². The van der Waals surface area contributed by atoms with Gasteiger partial charge in [-0.1, -0.05) is 28.1 Å². The Hall–Kier alpha value is -1.04. The van der Waals surface area contributed by atoms with Crippen LogP contribution in [0.4, 0.5) is 13.2 Å². The minimum atomic E-state index is -4.46. The van der Waals surface area contributed by atoms with Gasteiger partial charge in [0.1, 0.15) is 5.56 Å². The predicted octanol–water partition coefficient (Wildman–Crippen LogP) is 3.52. The number of halogens is 4. The lowest BCUT2D eigenvalue weighted by atomic mass is 10.2. The van der Waals surface area contributed by atoms with Crippen molar-refractivity contribution in [1.82, 2.24) is 4.98 Å². The molecule has 2 nitrogen and oxygen atoms in total. The second kappa shape index (κ2) is 5.34. The van der Waals surface area contributed by atoms with Gasteiger partial charge in [-0.15, -0.1) is 0 Å². The standard InChI is InChI=1S/C10H9BrF3NO/c1-16-9-8(10(12,13)14)5-7(6-15-9)3-2-4-11/h2-3,5-6H,4H2,1H3. The normalized spacial score (nSPS) is 12.1. The third-order valence-corrected chi connectivity index (χ3v) is 2.14. The first-order valence-electron chi connectivity index (χ1n) is 4.32. The second-order valence-corrected chi connectivity index (χ2v) is 3.53. The van der Waals surface area contributed by atoms with Crippen LogP contribution >= 0.6 is 15.9 Å². The van der Waals surface area contributed by atoms with Crippen LogP contribution in [-0.4, -0.2) is 17.4 Å². The fourth-order valence-corrected chi connectivity index (χ4v) is 1.29. The molecule has 1 aromatic heterocycles. The molecule has 0 saturated heterocycles. The Bertz CT molecular complexity index is 390. The molecule has 0 spiro atoms. The first kappa shape index (κ1) is 13.0. The van der Waals surface area contributed by atoms with E-state index < -0.39 is 17.6 Å². The van der Waals surface area contributed by atoms with E-state index in [1.54, 1.807) is 12.2 Å². The molecular formula is C10H9BrF3NO. The number of hydrogen-bond donors (Lipinski definition) is 0. The van der Waals surface area contributed by atoms with Crippen LogP contribution < -0.4 is 4.74 Å². The number of nitrogens with zero attached hydrogens (tertiary/aromatic N) is 1. The highest BCUT2D eigenvalue weighted by atomic mass is 79.9. The Kier molecular flexibility index (Phi) is 4.35. The minimum Gasteiger partial charge on any atom is -0.481 e. The zero-order valence-corrected chi connectivity index (χ0v) is 9.97. The van der Waals surface area contributed by atoms with Crippen molar-refractivity contribution in [2.45, 2.75) is 6.18 Å². The van der Waals surface area contributed by atoms with E-state index in [4.69, 9.17) is 0 Å². The molecule has 16 heavy (non-hydrogen) atoms. The van der Waals surface area contributed by atoms with Crippen molar-refractivity contribution in [3.8, 4) is 5.88 Å². The second-order valence-electron chi connectivity index (χ2n) is 2.88. The Morgan fingerprint density at radius 3 is 2.69 bits per heavy atom. The van der Waals surface area contributed by atoms with Crippen LogP contribution in [0.2, 0.25) is 0 Å². The molecule has 6 heteroatoms. The molecule has 1 heterocycles. The Morgan fingerprint density at radius 2 is 2.19 bits per heavy atom. The third-order valence-electron chi connectivity index (χ3n) is 1.77. The summed E-state index contributed by atoms with van der Waals surface area (Å²) in [5, 5.41) is 0.570. The molecule has 0 radical (unpaired) electrons. The molecule has 0 fully saturated rings. The summed E-state index contributed by atoms with van der Waals surface area (Å²) >= 11 is 3.14. The SMILES string of the molecule is COc1ncc(C=CCBr)cc1C(F)(F)F. The molecular weight excluding hydrogens is 287 g/mol. The van der Waals surface area contributed by atoms with Crippen molar-refractivity contribution < 1.29 is 17.9 Å². The molecule has 0 aromatic carbocycles. The van der Waals surface area contributed by atoms with Gasteiger partial charge in [0, 0.05) is 11.5 Å². The smallest absolute Gasteiger partial charge is 0.421 e. The summed E-state index contributed by atoms with van der Waals surface area (Å²) in [5.74, 6) is -0.413. The van der Waals surface area contributed by atoms with Gasteiger partial charge in [0.2, 0.25) is 5.88 Å². The number of pyridine rings is 1. The first-order valence-corrected chi connectivity index (χ1v) is 5.45. The maximum atomic E-state index is 12.6. The van der Waals surface area contributed by atoms with Gasteiger partial charge in [0.25, 0.3) is 0 Å². The number of aromatic nitrogens is 1. The Morgan fingerprint density at radius 1 is 1.50 bits per heavy atom. The molecule has 0 amide bonds. The molecule has 0 aliphatic heterocycles. The lowest BCUT2D eigenvalue weighted by Gasteiger charge is -2.11. The van der Waals surface area contributed by atoms with Crippen LogP contribution in [0.15, 0.2) is 18.3 Å². The van der Waals surface area contributed by atoms with Crippen molar-refractivity contribution in [2.24, 2.45) is 0 Å². The van der Waals surface area contributed by atoms with Crippen molar-refractivity contribution in [3.05, 3.63) is 29.5 Å². The number of methoxy groups -OCH3 is 1. The predicted molar refractivity (Wildman–Crippen MR) is 58.6 cm³/mol. The highest BCUT2D eigenvalue weighted by Gasteiger charge is 2.35. The van der Waals surface area contributed by atoms with E-state index in [1.165, 1.54) is 6.20 Å². The summed E-state index contributed by atoms with van der Waals surface area (Å²) < 4.78 is 42.3. The van der Waals surface area contributed by atoms with Crippen LogP contribution in [0.5, 0.6) is 5.88 Å². The summed E-state index contributed by atoms with van der Waals surface area (Å²) in [5.41, 5.74) is -0.487. The van der Waals surface area contributed by atoms with Gasteiger partial charge < -0.3 is 4.74 Å². The number of ether oxygens (including phenoxy) is 1. The van der Waals surface area contributed by atoms with E-state index in [-0.39, 0.29) is 0 Å². The fraction of sp³-hybridized carbons (Fsp3) is 0.300. The van der Waals surface area contributed by atoms with Gasteiger partial charge in [0.05, 0.1) is 7.11 Å². The lowest BCUT2D eigenvalue weighted by molar-refractivity contribution is -0.139. The Balaban J connectivity index is 3.16. The van der Waals surface area contributed by atoms with Gasteiger partial charge in [0.15, 0.2) is 0 Å². The van der Waals surface area contributed by atoms with Crippen LogP contribution in [0, 0.1) is 0 Å². The molecule has 0 aliphatic rings. The number of rotatable bonds is 3. The van der Waals surface area contributed by atoms with Crippen molar-refractivity contribution in [2.75, 3.05) is 12.4 Å². The molecule has 0 saturated carbocycles. The number of allylic oxidation sites excluding steroid dienone is 1. The average Bonchev–Trinajstić information content (AvgIpc) is 2.24. The maximum absolute atomic E-state index is 12.6. The zero-order valence-electron chi connectivity index (χ0n) is 8.38. The average molecular weight is 296 g/mol. The van der Waals surface area contributed by atoms with Crippen LogP contribution in [0.25, 0.3) is 6.08 Å². The summed E-state index contributed by atoms with van der Waals surface area (Å²) in [6, 6.07) is 1.00. The van der Waals surface area contributed by atoms with Gasteiger partial charge >= 0.3 is 6.18 Å². The van der Waals surface area contributed by atoms with E-state index >= 15 is 0 Å². The van der Waals surface area contributed by atoms with Gasteiger partial charge in [-0.05, 0) is 11.6 Å². The van der Waals surface area contributed by atoms with Gasteiger partial charge in [-0.25, -0.2) is 4.98 Å². The first-order chi connectivity index (χ1) is 7.49. The van der Waals surface area contributed by atoms with Crippen molar-refractivity contribution >= 4 is 22.0 Å². The maximum Gasteiger partial charge on any atom is 0.421 e. The summed E-state index contributed by atoms with van der Waals surface area (Å²) in [4.78, 5) is 3.61. The van der Waals surface area contributed by atoms with Gasteiger partial charge in [-0.2, -0.15) is 13.2 Å². The third kappa shape index (κ3) is 3.23. The highest BCUT2D eigenvalue weighted by Crippen LogP contribution is 2.35. The zero-order chi connectivity index (χ0) is 12.2. The fourth-order valence-electron chi connectivity index (χ4n) is 1.11. The van der Waals surface area contributed by atoms with E-state index in [1.807, 2.05) is 0 Å². The topological polar surface area (TPSA) is 22.1 Å². The molecule has 0 aliphatic carbocycles. The molecule has 1 rings (SSSR count). The minimum absolute atomic E-state index is 0.382. The van der Waals surface area contributed by atoms with Crippen LogP contribution in [0.3, 0.4) is 0 Å². The molecule has 88 valence electrons. The molecule has 0 N–H and O–H groups in total. The van der Waals surface area contributed by atoms with E-state index in [0.29, 0.717) is 10.9 Å². The summed E-state index contributed by atoms with van der Waals surface area (Å²) in [6.45, 7) is 0. The number of alkyl halides is 4. The molecule has 1 aromatic rings. The van der Waals surface area contributed by atoms with Gasteiger partial charge in [-0.3, -0.25) is 0 Å². The summed E-state index contributed by atoms with van der Waals surface area (Å²) in [6.07, 6.45) is 0.101. The number of hydrogen-bond acceptors (Lipinski definition) is 2. The van der Waals surface area contributed by atoms with Crippen molar-refractivity contribution in [3.63, 3.8) is 0 Å². The Labute approximate surface area is 99.3 Å². The van der Waals surface area contributed by atoms with E-state index in [9.17, 15) is 13.2 Å².